The van der Waals surface area contributed by atoms with Gasteiger partial charge in [-0.2, -0.15) is 10.4 Å². The first-order chi connectivity index (χ1) is 16.0. The summed E-state index contributed by atoms with van der Waals surface area (Å²) in [6.07, 6.45) is 0.571. The zero-order valence-corrected chi connectivity index (χ0v) is 20.4. The van der Waals surface area contributed by atoms with Gasteiger partial charge in [0.2, 0.25) is 5.88 Å². The van der Waals surface area contributed by atoms with Gasteiger partial charge in [0.1, 0.15) is 17.5 Å². The van der Waals surface area contributed by atoms with Crippen LogP contribution in [0.15, 0.2) is 23.0 Å². The minimum Gasteiger partial charge on any atom is -0.493 e. The number of carbonyl (C=O) groups excluding carboxylic acids is 1. The van der Waals surface area contributed by atoms with E-state index in [-0.39, 0.29) is 34.0 Å². The molecule has 2 atom stereocenters. The van der Waals surface area contributed by atoms with Crippen molar-refractivity contribution in [1.29, 1.82) is 5.26 Å². The Morgan fingerprint density at radius 2 is 2.03 bits per heavy atom. The van der Waals surface area contributed by atoms with Gasteiger partial charge in [-0.15, -0.1) is 0 Å². The largest absolute Gasteiger partial charge is 0.493 e. The quantitative estimate of drug-likeness (QED) is 0.605. The smallest absolute Gasteiger partial charge is 0.336 e. The maximum Gasteiger partial charge on any atom is 0.336 e. The third-order valence-corrected chi connectivity index (χ3v) is 7.39. The van der Waals surface area contributed by atoms with Crippen LogP contribution in [0.5, 0.6) is 5.88 Å². The van der Waals surface area contributed by atoms with Gasteiger partial charge in [-0.1, -0.05) is 32.4 Å². The van der Waals surface area contributed by atoms with Crippen molar-refractivity contribution >= 4 is 17.5 Å². The molecule has 1 N–H and O–H groups in total. The number of likely N-dealkylation sites (tertiary alicyclic amines) is 1. The van der Waals surface area contributed by atoms with E-state index >= 15 is 0 Å². The third kappa shape index (κ3) is 2.95. The van der Waals surface area contributed by atoms with Gasteiger partial charge in [-0.05, 0) is 37.1 Å². The highest BCUT2D eigenvalue weighted by Crippen LogP contribution is 2.49. The zero-order chi connectivity index (χ0) is 24.7. The number of fused-ring (bicyclic) bond motifs is 5. The van der Waals surface area contributed by atoms with Crippen LogP contribution >= 0.6 is 11.6 Å². The Kier molecular flexibility index (Phi) is 4.75. The van der Waals surface area contributed by atoms with Crippen molar-refractivity contribution < 1.29 is 9.90 Å². The van der Waals surface area contributed by atoms with Crippen LogP contribution in [0, 0.1) is 18.3 Å². The number of nitrogens with zero attached hydrogens (tertiary/aromatic N) is 6. The van der Waals surface area contributed by atoms with Crippen molar-refractivity contribution in [2.75, 3.05) is 6.54 Å². The van der Waals surface area contributed by atoms with Crippen LogP contribution in [0.4, 0.5) is 0 Å². The van der Waals surface area contributed by atoms with Crippen molar-refractivity contribution in [3.8, 4) is 17.6 Å². The average Bonchev–Trinajstić information content (AvgIpc) is 3.52. The van der Waals surface area contributed by atoms with E-state index < -0.39 is 6.04 Å². The monoisotopic (exact) mass is 480 g/mol. The van der Waals surface area contributed by atoms with Crippen LogP contribution in [0.3, 0.4) is 0 Å². The van der Waals surface area contributed by atoms with Crippen LogP contribution in [0.2, 0.25) is 5.02 Å². The number of benzene rings is 1. The van der Waals surface area contributed by atoms with Gasteiger partial charge in [-0.3, -0.25) is 14.0 Å². The van der Waals surface area contributed by atoms with Gasteiger partial charge in [-0.25, -0.2) is 9.36 Å². The summed E-state index contributed by atoms with van der Waals surface area (Å²) in [6.45, 7) is 8.20. The first kappa shape index (κ1) is 22.3. The molecule has 34 heavy (non-hydrogen) atoms. The molecule has 9 nitrogen and oxygen atoms in total. The molecule has 3 aromatic rings. The molecule has 2 aromatic heterocycles. The summed E-state index contributed by atoms with van der Waals surface area (Å²) in [5.41, 5.74) is 2.36. The van der Waals surface area contributed by atoms with E-state index in [0.717, 1.165) is 5.69 Å². The fraction of sp³-hybridized carbons (Fsp3) is 0.417. The third-order valence-electron chi connectivity index (χ3n) is 6.90. The van der Waals surface area contributed by atoms with Gasteiger partial charge in [0, 0.05) is 19.0 Å². The van der Waals surface area contributed by atoms with E-state index in [2.05, 4.69) is 5.10 Å². The van der Waals surface area contributed by atoms with Gasteiger partial charge >= 0.3 is 5.69 Å². The van der Waals surface area contributed by atoms with Crippen LogP contribution in [0.1, 0.15) is 72.3 Å². The summed E-state index contributed by atoms with van der Waals surface area (Å²) < 4.78 is 4.39. The Labute approximate surface area is 201 Å². The van der Waals surface area contributed by atoms with Crippen molar-refractivity contribution in [3.63, 3.8) is 0 Å². The standard InChI is InChI=1S/C24H25ClN6O3/c1-12-15(7-6-13(10-26)19(12)25)31-22(33)20-16-8-14(30(20)23(31)34)11-29(16)21(32)17-9-18(24(2,3)4)27-28(17)5/h6-7,9,14,16,33H,8,11H2,1-5H3/t14-,16-/m0/s1. The minimum absolute atomic E-state index is 0.179. The van der Waals surface area contributed by atoms with Crippen LogP contribution < -0.4 is 5.69 Å². The first-order valence-corrected chi connectivity index (χ1v) is 11.4. The summed E-state index contributed by atoms with van der Waals surface area (Å²) in [7, 11) is 1.75. The highest BCUT2D eigenvalue weighted by molar-refractivity contribution is 6.32. The molecular weight excluding hydrogens is 456 g/mol. The van der Waals surface area contributed by atoms with Crippen molar-refractivity contribution in [2.45, 2.75) is 51.6 Å². The Bertz CT molecular complexity index is 1470. The van der Waals surface area contributed by atoms with Crippen LogP contribution in [0.25, 0.3) is 5.69 Å². The molecule has 0 saturated carbocycles. The SMILES string of the molecule is Cc1c(-n2c(O)c3n(c2=O)[C@H]2C[C@@H]3N(C(=O)c3cc(C(C)(C)C)nn3C)C2)ccc(C#N)c1Cl. The molecule has 1 fully saturated rings. The van der Waals surface area contributed by atoms with E-state index in [9.17, 15) is 20.0 Å². The van der Waals surface area contributed by atoms with E-state index in [0.29, 0.717) is 41.2 Å². The van der Waals surface area contributed by atoms with E-state index in [1.807, 2.05) is 32.9 Å². The molecule has 0 aliphatic carbocycles. The molecule has 2 aliphatic rings. The molecule has 0 spiro atoms. The number of carbonyl (C=O) groups is 1. The molecule has 0 unspecified atom stereocenters. The molecule has 1 aromatic carbocycles. The number of aromatic hydroxyl groups is 1. The lowest BCUT2D eigenvalue weighted by Crippen LogP contribution is -2.38. The summed E-state index contributed by atoms with van der Waals surface area (Å²) >= 11 is 6.31. The number of aryl methyl sites for hydroxylation is 1. The highest BCUT2D eigenvalue weighted by atomic mass is 35.5. The molecule has 176 valence electrons. The molecular formula is C24H25ClN6O3. The number of imidazole rings is 1. The number of hydrogen-bond donors (Lipinski definition) is 1. The van der Waals surface area contributed by atoms with Crippen molar-refractivity contribution in [1.82, 2.24) is 23.8 Å². The average molecular weight is 481 g/mol. The van der Waals surface area contributed by atoms with Gasteiger partial charge < -0.3 is 10.0 Å². The minimum atomic E-state index is -0.423. The summed E-state index contributed by atoms with van der Waals surface area (Å²) in [5.74, 6) is -0.388. The molecule has 1 amide bonds. The van der Waals surface area contributed by atoms with Crippen LogP contribution in [-0.4, -0.2) is 41.4 Å². The number of aromatic nitrogens is 4. The molecule has 2 bridgehead atoms. The fourth-order valence-corrected chi connectivity index (χ4v) is 5.27. The first-order valence-electron chi connectivity index (χ1n) is 11.1. The second-order valence-electron chi connectivity index (χ2n) is 10.0. The Hall–Kier alpha value is -3.51. The van der Waals surface area contributed by atoms with E-state index in [4.69, 9.17) is 11.6 Å². The van der Waals surface area contributed by atoms with E-state index in [1.165, 1.54) is 10.6 Å². The topological polar surface area (TPSA) is 109 Å². The lowest BCUT2D eigenvalue weighted by Gasteiger charge is -2.27. The second kappa shape index (κ2) is 7.24. The molecule has 2 aliphatic heterocycles. The number of rotatable bonds is 2. The fourth-order valence-electron chi connectivity index (χ4n) is 5.07. The zero-order valence-electron chi connectivity index (χ0n) is 19.6. The van der Waals surface area contributed by atoms with Gasteiger partial charge in [0.05, 0.1) is 34.1 Å². The molecule has 1 saturated heterocycles. The number of halogens is 1. The lowest BCUT2D eigenvalue weighted by molar-refractivity contribution is 0.0700. The number of hydrogen-bond acceptors (Lipinski definition) is 5. The summed E-state index contributed by atoms with van der Waals surface area (Å²) in [5, 5.41) is 25.1. The Morgan fingerprint density at radius 3 is 2.65 bits per heavy atom. The molecule has 10 heteroatoms. The molecule has 5 rings (SSSR count). The van der Waals surface area contributed by atoms with Gasteiger partial charge in [0.25, 0.3) is 5.91 Å². The van der Waals surface area contributed by atoms with Crippen molar-refractivity contribution in [2.24, 2.45) is 7.05 Å². The predicted molar refractivity (Wildman–Crippen MR) is 125 cm³/mol. The summed E-state index contributed by atoms with van der Waals surface area (Å²) in [6, 6.07) is 6.31. The second-order valence-corrected chi connectivity index (χ2v) is 10.4. The van der Waals surface area contributed by atoms with E-state index in [1.54, 1.807) is 34.2 Å². The van der Waals surface area contributed by atoms with Crippen LogP contribution in [-0.2, 0) is 12.5 Å². The Balaban J connectivity index is 1.56. The summed E-state index contributed by atoms with van der Waals surface area (Å²) in [4.78, 5) is 28.5. The number of nitriles is 1. The Morgan fingerprint density at radius 1 is 1.32 bits per heavy atom. The maximum absolute atomic E-state index is 13.5. The normalized spacial score (nSPS) is 18.9. The maximum atomic E-state index is 13.5. The predicted octanol–water partition coefficient (Wildman–Crippen LogP) is 3.35. The lowest BCUT2D eigenvalue weighted by atomic mass is 9.92. The highest BCUT2D eigenvalue weighted by Gasteiger charge is 2.49. The number of amides is 1. The van der Waals surface area contributed by atoms with Gasteiger partial charge in [0.15, 0.2) is 0 Å². The molecule has 0 radical (unpaired) electrons. The van der Waals surface area contributed by atoms with Crippen molar-refractivity contribution in [3.05, 3.63) is 61.9 Å². The molecule has 4 heterocycles.